The van der Waals surface area contributed by atoms with Crippen LogP contribution in [0.5, 0.6) is 0 Å². The molecular formula is C11H19N5O. The zero-order chi connectivity index (χ0) is 11.7. The smallest absolute Gasteiger partial charge is 0.159 e. The Balaban J connectivity index is 1.89. The molecule has 1 fully saturated rings. The van der Waals surface area contributed by atoms with Crippen LogP contribution in [-0.2, 0) is 17.9 Å². The zero-order valence-corrected chi connectivity index (χ0v) is 10.2. The molecule has 0 amide bonds. The van der Waals surface area contributed by atoms with Gasteiger partial charge < -0.3 is 14.6 Å². The first-order chi connectivity index (χ1) is 8.36. The molecule has 1 unspecified atom stereocenters. The number of likely N-dealkylation sites (N-methyl/N-ethyl adjacent to an activating group) is 1. The van der Waals surface area contributed by atoms with Crippen molar-refractivity contribution in [1.29, 1.82) is 0 Å². The van der Waals surface area contributed by atoms with E-state index in [-0.39, 0.29) is 0 Å². The Kier molecular flexibility index (Phi) is 3.09. The molecule has 1 N–H and O–H groups in total. The third-order valence-electron chi connectivity index (χ3n) is 3.61. The molecule has 2 aliphatic rings. The minimum atomic E-state index is 0.379. The molecule has 1 saturated heterocycles. The first kappa shape index (κ1) is 11.1. The second kappa shape index (κ2) is 4.72. The van der Waals surface area contributed by atoms with Crippen LogP contribution in [-0.4, -0.2) is 53.0 Å². The summed E-state index contributed by atoms with van der Waals surface area (Å²) >= 11 is 0. The third kappa shape index (κ3) is 2.08. The van der Waals surface area contributed by atoms with Gasteiger partial charge in [-0.2, -0.15) is 0 Å². The Morgan fingerprint density at radius 1 is 1.29 bits per heavy atom. The van der Waals surface area contributed by atoms with E-state index in [1.165, 1.54) is 0 Å². The predicted octanol–water partition coefficient (Wildman–Crippen LogP) is -0.225. The molecule has 3 rings (SSSR count). The highest BCUT2D eigenvalue weighted by molar-refractivity contribution is 5.03. The van der Waals surface area contributed by atoms with Gasteiger partial charge in [0.05, 0.1) is 12.6 Å². The van der Waals surface area contributed by atoms with Crippen molar-refractivity contribution < 1.29 is 4.74 Å². The SMILES string of the molecule is CN1CCNCCC1c1nnc2n1CCOC2. The standard InChI is InChI=1S/C11H19N5O/c1-15-5-4-12-3-2-9(15)11-14-13-10-8-17-7-6-16(10)11/h9,12H,2-8H2,1H3. The lowest BCUT2D eigenvalue weighted by molar-refractivity contribution is 0.0786. The molecule has 1 aromatic heterocycles. The Morgan fingerprint density at radius 3 is 3.18 bits per heavy atom. The van der Waals surface area contributed by atoms with Gasteiger partial charge in [0, 0.05) is 19.6 Å². The average Bonchev–Trinajstić information content (AvgIpc) is 2.66. The molecule has 94 valence electrons. The molecule has 0 spiro atoms. The van der Waals surface area contributed by atoms with Crippen molar-refractivity contribution in [3.05, 3.63) is 11.6 Å². The summed E-state index contributed by atoms with van der Waals surface area (Å²) in [7, 11) is 2.17. The molecule has 0 aromatic carbocycles. The van der Waals surface area contributed by atoms with Crippen molar-refractivity contribution in [3.8, 4) is 0 Å². The number of rotatable bonds is 1. The van der Waals surface area contributed by atoms with Crippen LogP contribution in [0.1, 0.15) is 24.1 Å². The number of hydrogen-bond donors (Lipinski definition) is 1. The van der Waals surface area contributed by atoms with Crippen molar-refractivity contribution in [2.75, 3.05) is 33.3 Å². The molecule has 1 aromatic rings. The summed E-state index contributed by atoms with van der Waals surface area (Å²) in [5.74, 6) is 2.08. The van der Waals surface area contributed by atoms with Crippen LogP contribution in [0.25, 0.3) is 0 Å². The van der Waals surface area contributed by atoms with Gasteiger partial charge in [-0.15, -0.1) is 10.2 Å². The van der Waals surface area contributed by atoms with Gasteiger partial charge in [0.15, 0.2) is 11.6 Å². The molecule has 1 atom stereocenters. The van der Waals surface area contributed by atoms with E-state index in [0.717, 1.165) is 50.9 Å². The second-order valence-corrected chi connectivity index (χ2v) is 4.71. The monoisotopic (exact) mass is 237 g/mol. The van der Waals surface area contributed by atoms with E-state index in [4.69, 9.17) is 4.74 Å². The molecule has 0 bridgehead atoms. The minimum Gasteiger partial charge on any atom is -0.372 e. The van der Waals surface area contributed by atoms with Gasteiger partial charge in [-0.3, -0.25) is 4.90 Å². The highest BCUT2D eigenvalue weighted by atomic mass is 16.5. The Bertz CT molecular complexity index is 391. The molecule has 2 aliphatic heterocycles. The molecule has 0 saturated carbocycles. The van der Waals surface area contributed by atoms with Crippen LogP contribution in [0.4, 0.5) is 0 Å². The normalized spacial score (nSPS) is 26.5. The zero-order valence-electron chi connectivity index (χ0n) is 10.2. The molecule has 17 heavy (non-hydrogen) atoms. The highest BCUT2D eigenvalue weighted by Gasteiger charge is 2.26. The first-order valence-corrected chi connectivity index (χ1v) is 6.27. The number of nitrogens with zero attached hydrogens (tertiary/aromatic N) is 4. The summed E-state index contributed by atoms with van der Waals surface area (Å²) in [5, 5.41) is 12.0. The van der Waals surface area contributed by atoms with Gasteiger partial charge in [0.2, 0.25) is 0 Å². The number of aromatic nitrogens is 3. The van der Waals surface area contributed by atoms with Crippen LogP contribution in [0, 0.1) is 0 Å². The van der Waals surface area contributed by atoms with Crippen molar-refractivity contribution in [3.63, 3.8) is 0 Å². The molecule has 3 heterocycles. The third-order valence-corrected chi connectivity index (χ3v) is 3.61. The first-order valence-electron chi connectivity index (χ1n) is 6.27. The van der Waals surface area contributed by atoms with E-state index in [9.17, 15) is 0 Å². The largest absolute Gasteiger partial charge is 0.372 e. The fourth-order valence-corrected chi connectivity index (χ4v) is 2.59. The molecule has 6 nitrogen and oxygen atoms in total. The lowest BCUT2D eigenvalue weighted by Gasteiger charge is -2.26. The van der Waals surface area contributed by atoms with E-state index >= 15 is 0 Å². The van der Waals surface area contributed by atoms with Crippen LogP contribution in [0.15, 0.2) is 0 Å². The van der Waals surface area contributed by atoms with Crippen LogP contribution in [0.2, 0.25) is 0 Å². The van der Waals surface area contributed by atoms with E-state index in [1.807, 2.05) is 0 Å². The quantitative estimate of drug-likeness (QED) is 0.731. The minimum absolute atomic E-state index is 0.379. The van der Waals surface area contributed by atoms with E-state index in [0.29, 0.717) is 12.6 Å². The summed E-state index contributed by atoms with van der Waals surface area (Å²) in [6.45, 7) is 5.41. The number of hydrogen-bond acceptors (Lipinski definition) is 5. The molecule has 0 aliphatic carbocycles. The second-order valence-electron chi connectivity index (χ2n) is 4.71. The Hall–Kier alpha value is -0.980. The molecular weight excluding hydrogens is 218 g/mol. The van der Waals surface area contributed by atoms with Gasteiger partial charge >= 0.3 is 0 Å². The van der Waals surface area contributed by atoms with Crippen molar-refractivity contribution in [2.24, 2.45) is 0 Å². The summed E-state index contributed by atoms with van der Waals surface area (Å²) in [5.41, 5.74) is 0. The van der Waals surface area contributed by atoms with Crippen LogP contribution >= 0.6 is 0 Å². The van der Waals surface area contributed by atoms with Gasteiger partial charge in [-0.05, 0) is 20.0 Å². The van der Waals surface area contributed by atoms with Crippen molar-refractivity contribution in [1.82, 2.24) is 25.0 Å². The van der Waals surface area contributed by atoms with Gasteiger partial charge in [-0.25, -0.2) is 0 Å². The van der Waals surface area contributed by atoms with Crippen molar-refractivity contribution in [2.45, 2.75) is 25.6 Å². The maximum atomic E-state index is 5.40. The predicted molar refractivity (Wildman–Crippen MR) is 62.5 cm³/mol. The number of ether oxygens (including phenoxy) is 1. The summed E-state index contributed by atoms with van der Waals surface area (Å²) in [6.07, 6.45) is 1.09. The number of nitrogens with one attached hydrogen (secondary N) is 1. The summed E-state index contributed by atoms with van der Waals surface area (Å²) < 4.78 is 7.63. The fraction of sp³-hybridized carbons (Fsp3) is 0.818. The molecule has 6 heteroatoms. The van der Waals surface area contributed by atoms with Crippen molar-refractivity contribution >= 4 is 0 Å². The average molecular weight is 237 g/mol. The highest BCUT2D eigenvalue weighted by Crippen LogP contribution is 2.24. The molecule has 0 radical (unpaired) electrons. The van der Waals surface area contributed by atoms with E-state index < -0.39 is 0 Å². The van der Waals surface area contributed by atoms with Gasteiger partial charge in [-0.1, -0.05) is 0 Å². The lowest BCUT2D eigenvalue weighted by Crippen LogP contribution is -2.30. The van der Waals surface area contributed by atoms with Gasteiger partial charge in [0.25, 0.3) is 0 Å². The van der Waals surface area contributed by atoms with Crippen LogP contribution in [0.3, 0.4) is 0 Å². The summed E-state index contributed by atoms with van der Waals surface area (Å²) in [6, 6.07) is 0.379. The maximum Gasteiger partial charge on any atom is 0.159 e. The lowest BCUT2D eigenvalue weighted by atomic mass is 10.1. The topological polar surface area (TPSA) is 55.2 Å². The van der Waals surface area contributed by atoms with E-state index in [1.54, 1.807) is 0 Å². The Morgan fingerprint density at radius 2 is 2.24 bits per heavy atom. The van der Waals surface area contributed by atoms with E-state index in [2.05, 4.69) is 32.0 Å². The van der Waals surface area contributed by atoms with Gasteiger partial charge in [0.1, 0.15) is 6.61 Å². The number of fused-ring (bicyclic) bond motifs is 1. The summed E-state index contributed by atoms with van der Waals surface area (Å²) in [4.78, 5) is 2.37. The Labute approximate surface area is 101 Å². The fourth-order valence-electron chi connectivity index (χ4n) is 2.59. The maximum absolute atomic E-state index is 5.40. The van der Waals surface area contributed by atoms with Crippen LogP contribution < -0.4 is 5.32 Å².